The Morgan fingerprint density at radius 1 is 1.12 bits per heavy atom. The van der Waals surface area contributed by atoms with Crippen LogP contribution in [0.1, 0.15) is 21.6 Å². The summed E-state index contributed by atoms with van der Waals surface area (Å²) in [7, 11) is 3.34. The van der Waals surface area contributed by atoms with Crippen LogP contribution in [0.2, 0.25) is 0 Å². The molecule has 3 aromatic rings. The fourth-order valence-corrected chi connectivity index (χ4v) is 3.32. The number of aromatic nitrogens is 2. The number of thiocarbonyl (C=S) groups is 1. The highest BCUT2D eigenvalue weighted by Gasteiger charge is 2.31. The van der Waals surface area contributed by atoms with E-state index in [0.29, 0.717) is 22.6 Å². The quantitative estimate of drug-likeness (QED) is 0.452. The van der Waals surface area contributed by atoms with Crippen LogP contribution in [-0.4, -0.2) is 34.7 Å². The van der Waals surface area contributed by atoms with E-state index in [2.05, 4.69) is 25.5 Å². The zero-order valence-corrected chi connectivity index (χ0v) is 18.7. The Hall–Kier alpha value is -3.25. The fraction of sp³-hybridized carbons (Fsp3) is 0.200. The van der Waals surface area contributed by atoms with Crippen molar-refractivity contribution in [3.05, 3.63) is 64.7 Å². The molecule has 0 unspecified atom stereocenters. The van der Waals surface area contributed by atoms with E-state index >= 15 is 0 Å². The molecule has 168 valence electrons. The number of anilines is 3. The summed E-state index contributed by atoms with van der Waals surface area (Å²) in [5.74, 6) is -0.424. The summed E-state index contributed by atoms with van der Waals surface area (Å²) in [4.78, 5) is 13.8. The maximum Gasteiger partial charge on any atom is 0.416 e. The van der Waals surface area contributed by atoms with Gasteiger partial charge in [0.25, 0.3) is 5.91 Å². The van der Waals surface area contributed by atoms with Crippen molar-refractivity contribution in [2.75, 3.05) is 29.6 Å². The summed E-state index contributed by atoms with van der Waals surface area (Å²) < 4.78 is 43.3. The van der Waals surface area contributed by atoms with Crippen LogP contribution in [0, 0.1) is 0 Å². The SMILES string of the molecule is CN(C)c1cc(CNC(=S)Nc2ccccc2NC(=O)c2csnn2)cc(C(F)(F)F)c1. The number of hydrogen-bond donors (Lipinski definition) is 3. The monoisotopic (exact) mass is 480 g/mol. The molecule has 3 N–H and O–H groups in total. The third kappa shape index (κ3) is 6.14. The molecule has 0 saturated carbocycles. The van der Waals surface area contributed by atoms with Crippen LogP contribution < -0.4 is 20.9 Å². The van der Waals surface area contributed by atoms with Gasteiger partial charge in [-0.1, -0.05) is 16.6 Å². The van der Waals surface area contributed by atoms with Gasteiger partial charge in [-0.3, -0.25) is 4.79 Å². The number of alkyl halides is 3. The molecule has 0 aliphatic carbocycles. The molecule has 3 rings (SSSR count). The molecule has 0 radical (unpaired) electrons. The van der Waals surface area contributed by atoms with E-state index in [0.717, 1.165) is 23.7 Å². The molecule has 0 bridgehead atoms. The zero-order chi connectivity index (χ0) is 23.3. The number of halogens is 3. The smallest absolute Gasteiger partial charge is 0.378 e. The van der Waals surface area contributed by atoms with Gasteiger partial charge in [-0.15, -0.1) is 5.10 Å². The molecule has 0 aliphatic rings. The first-order chi connectivity index (χ1) is 15.1. The highest BCUT2D eigenvalue weighted by atomic mass is 32.1. The molecule has 0 spiro atoms. The van der Waals surface area contributed by atoms with Gasteiger partial charge in [0, 0.05) is 31.7 Å². The minimum atomic E-state index is -4.45. The first-order valence-corrected chi connectivity index (χ1v) is 10.5. The van der Waals surface area contributed by atoms with E-state index < -0.39 is 17.6 Å². The third-order valence-corrected chi connectivity index (χ3v) is 5.04. The Kier molecular flexibility index (Phi) is 7.26. The van der Waals surface area contributed by atoms with Crippen molar-refractivity contribution in [2.45, 2.75) is 12.7 Å². The molecule has 7 nitrogen and oxygen atoms in total. The van der Waals surface area contributed by atoms with Crippen molar-refractivity contribution < 1.29 is 18.0 Å². The van der Waals surface area contributed by atoms with Gasteiger partial charge in [-0.25, -0.2) is 0 Å². The number of rotatable bonds is 6. The van der Waals surface area contributed by atoms with Crippen LogP contribution in [0.5, 0.6) is 0 Å². The molecular formula is C20H19F3N6OS2. The standard InChI is InChI=1S/C20H19F3N6OS2/c1-29(2)14-8-12(7-13(9-14)20(21,22)23)10-24-19(31)26-16-6-4-3-5-15(16)25-18(30)17-11-32-28-27-17/h3-9,11H,10H2,1-2H3,(H,25,30)(H2,24,26,31). The van der Waals surface area contributed by atoms with E-state index in [1.54, 1.807) is 49.3 Å². The number of nitrogens with zero attached hydrogens (tertiary/aromatic N) is 3. The minimum absolute atomic E-state index is 0.0790. The van der Waals surface area contributed by atoms with E-state index in [1.807, 2.05) is 0 Å². The number of carbonyl (C=O) groups is 1. The van der Waals surface area contributed by atoms with Crippen molar-refractivity contribution >= 4 is 51.8 Å². The second kappa shape index (κ2) is 9.92. The van der Waals surface area contributed by atoms with Crippen molar-refractivity contribution in [1.82, 2.24) is 14.9 Å². The molecule has 12 heteroatoms. The normalized spacial score (nSPS) is 11.0. The van der Waals surface area contributed by atoms with Crippen LogP contribution in [-0.2, 0) is 12.7 Å². The number of nitrogens with one attached hydrogen (secondary N) is 3. The predicted molar refractivity (Wildman–Crippen MR) is 123 cm³/mol. The molecule has 1 heterocycles. The Balaban J connectivity index is 1.68. The summed E-state index contributed by atoms with van der Waals surface area (Å²) in [6.45, 7) is 0.0790. The van der Waals surface area contributed by atoms with Gasteiger partial charge >= 0.3 is 6.18 Å². The highest BCUT2D eigenvalue weighted by molar-refractivity contribution is 7.80. The molecule has 2 aromatic carbocycles. The van der Waals surface area contributed by atoms with E-state index in [-0.39, 0.29) is 17.4 Å². The molecule has 1 amide bonds. The minimum Gasteiger partial charge on any atom is -0.378 e. The van der Waals surface area contributed by atoms with E-state index in [4.69, 9.17) is 12.2 Å². The van der Waals surface area contributed by atoms with Gasteiger partial charge in [0.2, 0.25) is 0 Å². The van der Waals surface area contributed by atoms with E-state index in [1.165, 1.54) is 5.38 Å². The molecular weight excluding hydrogens is 461 g/mol. The summed E-state index contributed by atoms with van der Waals surface area (Å²) in [5.41, 5.74) is 1.28. The average Bonchev–Trinajstić information content (AvgIpc) is 3.28. The Morgan fingerprint density at radius 2 is 1.81 bits per heavy atom. The summed E-state index contributed by atoms with van der Waals surface area (Å²) in [5, 5.41) is 14.0. The van der Waals surface area contributed by atoms with Crippen LogP contribution >= 0.6 is 23.8 Å². The van der Waals surface area contributed by atoms with Gasteiger partial charge in [0.05, 0.1) is 16.9 Å². The summed E-state index contributed by atoms with van der Waals surface area (Å²) in [6.07, 6.45) is -4.45. The Morgan fingerprint density at radius 3 is 2.41 bits per heavy atom. The maximum absolute atomic E-state index is 13.2. The van der Waals surface area contributed by atoms with Gasteiger partial charge in [-0.2, -0.15) is 13.2 Å². The number of amides is 1. The largest absolute Gasteiger partial charge is 0.416 e. The van der Waals surface area contributed by atoms with Crippen molar-refractivity contribution in [2.24, 2.45) is 0 Å². The number of benzene rings is 2. The third-order valence-electron chi connectivity index (χ3n) is 4.29. The lowest BCUT2D eigenvalue weighted by atomic mass is 10.1. The molecule has 0 aliphatic heterocycles. The maximum atomic E-state index is 13.2. The van der Waals surface area contributed by atoms with Crippen molar-refractivity contribution in [3.8, 4) is 0 Å². The van der Waals surface area contributed by atoms with Crippen LogP contribution in [0.3, 0.4) is 0 Å². The Bertz CT molecular complexity index is 1100. The van der Waals surface area contributed by atoms with Gasteiger partial charge in [-0.05, 0) is 59.6 Å². The Labute approximate surface area is 191 Å². The van der Waals surface area contributed by atoms with Crippen LogP contribution in [0.4, 0.5) is 30.2 Å². The van der Waals surface area contributed by atoms with Crippen molar-refractivity contribution in [1.29, 1.82) is 0 Å². The van der Waals surface area contributed by atoms with Crippen molar-refractivity contribution in [3.63, 3.8) is 0 Å². The van der Waals surface area contributed by atoms with Gasteiger partial charge in [0.1, 0.15) is 0 Å². The summed E-state index contributed by atoms with van der Waals surface area (Å²) in [6, 6.07) is 10.7. The molecule has 0 fully saturated rings. The molecule has 1 aromatic heterocycles. The molecule has 32 heavy (non-hydrogen) atoms. The topological polar surface area (TPSA) is 82.2 Å². The first-order valence-electron chi connectivity index (χ1n) is 9.24. The zero-order valence-electron chi connectivity index (χ0n) is 17.0. The second-order valence-electron chi connectivity index (χ2n) is 6.88. The fourth-order valence-electron chi connectivity index (χ4n) is 2.70. The number of carbonyl (C=O) groups excluding carboxylic acids is 1. The summed E-state index contributed by atoms with van der Waals surface area (Å²) >= 11 is 6.35. The lowest BCUT2D eigenvalue weighted by molar-refractivity contribution is -0.137. The highest BCUT2D eigenvalue weighted by Crippen LogP contribution is 2.32. The number of hydrogen-bond acceptors (Lipinski definition) is 6. The van der Waals surface area contributed by atoms with Crippen LogP contribution in [0.25, 0.3) is 0 Å². The predicted octanol–water partition coefficient (Wildman–Crippen LogP) is 4.36. The lowest BCUT2D eigenvalue weighted by Gasteiger charge is -2.18. The molecule has 0 saturated heterocycles. The first kappa shape index (κ1) is 23.4. The van der Waals surface area contributed by atoms with Crippen LogP contribution in [0.15, 0.2) is 47.8 Å². The van der Waals surface area contributed by atoms with Gasteiger partial charge < -0.3 is 20.9 Å². The number of para-hydroxylation sites is 2. The lowest BCUT2D eigenvalue weighted by Crippen LogP contribution is -2.28. The second-order valence-corrected chi connectivity index (χ2v) is 7.90. The van der Waals surface area contributed by atoms with E-state index in [9.17, 15) is 18.0 Å². The molecule has 0 atom stereocenters. The average molecular weight is 481 g/mol. The van der Waals surface area contributed by atoms with Gasteiger partial charge in [0.15, 0.2) is 10.8 Å².